The van der Waals surface area contributed by atoms with Crippen molar-refractivity contribution in [2.24, 2.45) is 0 Å². The van der Waals surface area contributed by atoms with E-state index >= 15 is 0 Å². The third-order valence-corrected chi connectivity index (χ3v) is 4.72. The lowest BCUT2D eigenvalue weighted by atomic mass is 9.95. The van der Waals surface area contributed by atoms with E-state index in [1.165, 1.54) is 25.3 Å². The Kier molecular flexibility index (Phi) is 4.65. The van der Waals surface area contributed by atoms with Crippen molar-refractivity contribution in [3.8, 4) is 0 Å². The molecule has 134 valence electrons. The molecule has 0 amide bonds. The van der Waals surface area contributed by atoms with Crippen molar-refractivity contribution < 1.29 is 8.78 Å². The zero-order valence-corrected chi connectivity index (χ0v) is 14.3. The Morgan fingerprint density at radius 1 is 0.885 bits per heavy atom. The van der Waals surface area contributed by atoms with E-state index in [0.717, 1.165) is 41.7 Å². The maximum atomic E-state index is 13.5. The molecular formula is C20H20F2N4. The molecule has 1 fully saturated rings. The topological polar surface area (TPSA) is 49.8 Å². The molecule has 3 aromatic rings. The molecule has 1 aromatic heterocycles. The van der Waals surface area contributed by atoms with Gasteiger partial charge in [0.2, 0.25) is 5.95 Å². The second-order valence-corrected chi connectivity index (χ2v) is 6.65. The minimum absolute atomic E-state index is 0.355. The summed E-state index contributed by atoms with van der Waals surface area (Å²) in [5.74, 6) is -0.661. The van der Waals surface area contributed by atoms with Gasteiger partial charge >= 0.3 is 0 Å². The third-order valence-electron chi connectivity index (χ3n) is 4.72. The number of para-hydroxylation sites is 1. The van der Waals surface area contributed by atoms with Crippen LogP contribution < -0.4 is 10.6 Å². The SMILES string of the molecule is Fc1ccc(Nc2nc(NC3CCCCC3)c3ccccc3n2)cc1F. The molecule has 4 rings (SSSR count). The summed E-state index contributed by atoms with van der Waals surface area (Å²) < 4.78 is 26.6. The first-order valence-corrected chi connectivity index (χ1v) is 8.94. The van der Waals surface area contributed by atoms with Gasteiger partial charge in [-0.05, 0) is 37.1 Å². The van der Waals surface area contributed by atoms with Crippen LogP contribution in [0.15, 0.2) is 42.5 Å². The molecule has 0 saturated heterocycles. The van der Waals surface area contributed by atoms with Crippen molar-refractivity contribution >= 4 is 28.4 Å². The van der Waals surface area contributed by atoms with E-state index in [-0.39, 0.29) is 0 Å². The highest BCUT2D eigenvalue weighted by molar-refractivity contribution is 5.90. The van der Waals surface area contributed by atoms with E-state index < -0.39 is 11.6 Å². The van der Waals surface area contributed by atoms with Crippen molar-refractivity contribution in [2.45, 2.75) is 38.1 Å². The number of halogens is 2. The Morgan fingerprint density at radius 2 is 1.69 bits per heavy atom. The van der Waals surface area contributed by atoms with Crippen molar-refractivity contribution in [1.29, 1.82) is 0 Å². The third kappa shape index (κ3) is 3.59. The number of aromatic nitrogens is 2. The Morgan fingerprint density at radius 3 is 2.50 bits per heavy atom. The van der Waals surface area contributed by atoms with Gasteiger partial charge < -0.3 is 10.6 Å². The van der Waals surface area contributed by atoms with Crippen LogP contribution in [0, 0.1) is 11.6 Å². The highest BCUT2D eigenvalue weighted by atomic mass is 19.2. The number of benzene rings is 2. The molecule has 2 aromatic carbocycles. The maximum absolute atomic E-state index is 13.5. The minimum atomic E-state index is -0.906. The van der Waals surface area contributed by atoms with Crippen LogP contribution in [0.1, 0.15) is 32.1 Å². The Labute approximate surface area is 150 Å². The summed E-state index contributed by atoms with van der Waals surface area (Å²) >= 11 is 0. The lowest BCUT2D eigenvalue weighted by Crippen LogP contribution is -2.23. The second-order valence-electron chi connectivity index (χ2n) is 6.65. The van der Waals surface area contributed by atoms with Crippen LogP contribution in [-0.4, -0.2) is 16.0 Å². The fraction of sp³-hybridized carbons (Fsp3) is 0.300. The van der Waals surface area contributed by atoms with Gasteiger partial charge in [-0.3, -0.25) is 0 Å². The first-order chi connectivity index (χ1) is 12.7. The molecular weight excluding hydrogens is 334 g/mol. The number of anilines is 3. The van der Waals surface area contributed by atoms with E-state index in [4.69, 9.17) is 0 Å². The highest BCUT2D eigenvalue weighted by Crippen LogP contribution is 2.27. The van der Waals surface area contributed by atoms with Gasteiger partial charge in [-0.15, -0.1) is 0 Å². The standard InChI is InChI=1S/C20H20F2N4/c21-16-11-10-14(12-17(16)22)24-20-25-18-9-5-4-8-15(18)19(26-20)23-13-6-2-1-3-7-13/h4-5,8-13H,1-3,6-7H2,(H2,23,24,25,26). The predicted molar refractivity (Wildman–Crippen MR) is 99.7 cm³/mol. The van der Waals surface area contributed by atoms with E-state index in [9.17, 15) is 8.78 Å². The smallest absolute Gasteiger partial charge is 0.229 e. The van der Waals surface area contributed by atoms with Crippen LogP contribution in [0.3, 0.4) is 0 Å². The van der Waals surface area contributed by atoms with E-state index in [2.05, 4.69) is 20.6 Å². The normalized spacial score (nSPS) is 15.2. The number of rotatable bonds is 4. The van der Waals surface area contributed by atoms with Crippen molar-refractivity contribution in [1.82, 2.24) is 9.97 Å². The number of hydrogen-bond donors (Lipinski definition) is 2. The Balaban J connectivity index is 1.67. The Bertz CT molecular complexity index is 923. The van der Waals surface area contributed by atoms with Gasteiger partial charge in [0.1, 0.15) is 5.82 Å². The van der Waals surface area contributed by atoms with Crippen LogP contribution in [0.4, 0.5) is 26.2 Å². The van der Waals surface area contributed by atoms with Crippen LogP contribution in [-0.2, 0) is 0 Å². The lowest BCUT2D eigenvalue weighted by molar-refractivity contribution is 0.462. The summed E-state index contributed by atoms with van der Waals surface area (Å²) in [6.45, 7) is 0. The Hall–Kier alpha value is -2.76. The second kappa shape index (κ2) is 7.23. The van der Waals surface area contributed by atoms with Crippen LogP contribution in [0.25, 0.3) is 10.9 Å². The van der Waals surface area contributed by atoms with Gasteiger partial charge in [-0.1, -0.05) is 31.4 Å². The highest BCUT2D eigenvalue weighted by Gasteiger charge is 2.16. The molecule has 26 heavy (non-hydrogen) atoms. The number of fused-ring (bicyclic) bond motifs is 1. The molecule has 1 aliphatic carbocycles. The molecule has 0 atom stereocenters. The average Bonchev–Trinajstić information content (AvgIpc) is 2.66. The molecule has 0 aliphatic heterocycles. The van der Waals surface area contributed by atoms with Gasteiger partial charge in [0, 0.05) is 23.2 Å². The van der Waals surface area contributed by atoms with E-state index in [1.54, 1.807) is 0 Å². The molecule has 0 bridgehead atoms. The van der Waals surface area contributed by atoms with Crippen LogP contribution in [0.2, 0.25) is 0 Å². The average molecular weight is 354 g/mol. The molecule has 1 aliphatic rings. The molecule has 2 N–H and O–H groups in total. The molecule has 4 nitrogen and oxygen atoms in total. The van der Waals surface area contributed by atoms with Gasteiger partial charge in [0.15, 0.2) is 11.6 Å². The summed E-state index contributed by atoms with van der Waals surface area (Å²) in [5.41, 5.74) is 1.20. The summed E-state index contributed by atoms with van der Waals surface area (Å²) in [5, 5.41) is 7.47. The molecule has 0 unspecified atom stereocenters. The molecule has 1 heterocycles. The predicted octanol–water partition coefficient (Wildman–Crippen LogP) is 5.40. The van der Waals surface area contributed by atoms with Gasteiger partial charge in [0.05, 0.1) is 5.52 Å². The number of hydrogen-bond acceptors (Lipinski definition) is 4. The number of nitrogens with zero attached hydrogens (tertiary/aromatic N) is 2. The van der Waals surface area contributed by atoms with Gasteiger partial charge in [-0.2, -0.15) is 4.98 Å². The van der Waals surface area contributed by atoms with E-state index in [1.807, 2.05) is 24.3 Å². The summed E-state index contributed by atoms with van der Waals surface area (Å²) in [6, 6.07) is 11.8. The summed E-state index contributed by atoms with van der Waals surface area (Å²) in [6.07, 6.45) is 5.99. The minimum Gasteiger partial charge on any atom is -0.367 e. The molecule has 0 radical (unpaired) electrons. The molecule has 6 heteroatoms. The first kappa shape index (κ1) is 16.7. The summed E-state index contributed by atoms with van der Waals surface area (Å²) in [7, 11) is 0. The zero-order valence-electron chi connectivity index (χ0n) is 14.3. The lowest BCUT2D eigenvalue weighted by Gasteiger charge is -2.24. The molecule has 1 saturated carbocycles. The summed E-state index contributed by atoms with van der Waals surface area (Å²) in [4.78, 5) is 9.09. The largest absolute Gasteiger partial charge is 0.367 e. The van der Waals surface area contributed by atoms with Crippen LogP contribution in [0.5, 0.6) is 0 Å². The van der Waals surface area contributed by atoms with Crippen molar-refractivity contribution in [3.05, 3.63) is 54.1 Å². The first-order valence-electron chi connectivity index (χ1n) is 8.94. The van der Waals surface area contributed by atoms with Crippen molar-refractivity contribution in [2.75, 3.05) is 10.6 Å². The fourth-order valence-electron chi connectivity index (χ4n) is 3.39. The quantitative estimate of drug-likeness (QED) is 0.659. The van der Waals surface area contributed by atoms with E-state index in [0.29, 0.717) is 17.7 Å². The maximum Gasteiger partial charge on any atom is 0.229 e. The zero-order chi connectivity index (χ0) is 17.9. The fourth-order valence-corrected chi connectivity index (χ4v) is 3.39. The molecule has 0 spiro atoms. The number of nitrogens with one attached hydrogen (secondary N) is 2. The van der Waals surface area contributed by atoms with Gasteiger partial charge in [0.25, 0.3) is 0 Å². The van der Waals surface area contributed by atoms with Crippen LogP contribution >= 0.6 is 0 Å². The monoisotopic (exact) mass is 354 g/mol. The van der Waals surface area contributed by atoms with Gasteiger partial charge in [-0.25, -0.2) is 13.8 Å². The van der Waals surface area contributed by atoms with Crippen molar-refractivity contribution in [3.63, 3.8) is 0 Å².